The zero-order valence-corrected chi connectivity index (χ0v) is 18.1. The first-order valence-electron chi connectivity index (χ1n) is 9.56. The molecule has 0 N–H and O–H groups in total. The highest BCUT2D eigenvalue weighted by molar-refractivity contribution is 7.99. The molecule has 0 saturated carbocycles. The van der Waals surface area contributed by atoms with E-state index in [1.54, 1.807) is 10.6 Å². The SMILES string of the molecule is Cc1ccccc1-n1c(=O)c2ccccc2n2c(SCC(=O)OC(C)(C)C)nnc12. The molecule has 4 aromatic rings. The Labute approximate surface area is 177 Å². The molecule has 2 aromatic carbocycles. The third kappa shape index (κ3) is 3.70. The van der Waals surface area contributed by atoms with E-state index in [9.17, 15) is 9.59 Å². The molecule has 0 atom stereocenters. The third-order valence-corrected chi connectivity index (χ3v) is 5.39. The van der Waals surface area contributed by atoms with Crippen LogP contribution in [0.1, 0.15) is 26.3 Å². The van der Waals surface area contributed by atoms with Crippen molar-refractivity contribution in [2.75, 3.05) is 5.75 Å². The predicted octanol–water partition coefficient (Wildman–Crippen LogP) is 3.78. The molecule has 4 rings (SSSR count). The highest BCUT2D eigenvalue weighted by atomic mass is 32.2. The molecule has 0 aliphatic heterocycles. The van der Waals surface area contributed by atoms with Gasteiger partial charge < -0.3 is 4.74 Å². The van der Waals surface area contributed by atoms with Crippen LogP contribution in [0.15, 0.2) is 58.5 Å². The van der Waals surface area contributed by atoms with Crippen LogP contribution < -0.4 is 5.56 Å². The van der Waals surface area contributed by atoms with Crippen molar-refractivity contribution < 1.29 is 9.53 Å². The molecule has 7 nitrogen and oxygen atoms in total. The summed E-state index contributed by atoms with van der Waals surface area (Å²) in [5.41, 5.74) is 1.67. The van der Waals surface area contributed by atoms with Gasteiger partial charge in [-0.3, -0.25) is 14.0 Å². The maximum Gasteiger partial charge on any atom is 0.316 e. The Kier molecular flexibility index (Phi) is 5.11. The van der Waals surface area contributed by atoms with Gasteiger partial charge in [0.05, 0.1) is 22.3 Å². The van der Waals surface area contributed by atoms with Gasteiger partial charge in [-0.05, 0) is 51.5 Å². The minimum atomic E-state index is -0.553. The van der Waals surface area contributed by atoms with Gasteiger partial charge in [0, 0.05) is 0 Å². The first kappa shape index (κ1) is 20.2. The summed E-state index contributed by atoms with van der Waals surface area (Å²) in [6, 6.07) is 15.0. The lowest BCUT2D eigenvalue weighted by molar-refractivity contribution is -0.151. The Hall–Kier alpha value is -3.13. The van der Waals surface area contributed by atoms with Crippen LogP contribution in [-0.4, -0.2) is 36.5 Å². The van der Waals surface area contributed by atoms with Gasteiger partial charge in [-0.1, -0.05) is 42.1 Å². The van der Waals surface area contributed by atoms with Crippen molar-refractivity contribution >= 4 is 34.4 Å². The van der Waals surface area contributed by atoms with E-state index in [1.165, 1.54) is 11.8 Å². The van der Waals surface area contributed by atoms with Crippen LogP contribution in [0.5, 0.6) is 0 Å². The average molecular weight is 423 g/mol. The molecule has 0 bridgehead atoms. The summed E-state index contributed by atoms with van der Waals surface area (Å²) in [5.74, 6) is 0.163. The molecular formula is C22H22N4O3S. The Morgan fingerprint density at radius 1 is 1.07 bits per heavy atom. The minimum absolute atomic E-state index is 0.0931. The van der Waals surface area contributed by atoms with Gasteiger partial charge in [0.1, 0.15) is 5.60 Å². The molecule has 30 heavy (non-hydrogen) atoms. The summed E-state index contributed by atoms with van der Waals surface area (Å²) < 4.78 is 8.78. The van der Waals surface area contributed by atoms with Crippen LogP contribution in [0, 0.1) is 6.92 Å². The van der Waals surface area contributed by atoms with Crippen LogP contribution in [0.25, 0.3) is 22.4 Å². The van der Waals surface area contributed by atoms with E-state index in [0.717, 1.165) is 11.3 Å². The van der Waals surface area contributed by atoms with Crippen LogP contribution >= 0.6 is 11.8 Å². The molecule has 0 radical (unpaired) electrons. The fraction of sp³-hybridized carbons (Fsp3) is 0.273. The van der Waals surface area contributed by atoms with Crippen LogP contribution in [0.4, 0.5) is 0 Å². The highest BCUT2D eigenvalue weighted by Gasteiger charge is 2.21. The van der Waals surface area contributed by atoms with Gasteiger partial charge in [0.2, 0.25) is 5.78 Å². The van der Waals surface area contributed by atoms with E-state index in [-0.39, 0.29) is 17.3 Å². The fourth-order valence-corrected chi connectivity index (χ4v) is 4.01. The Morgan fingerprint density at radius 3 is 2.50 bits per heavy atom. The van der Waals surface area contributed by atoms with Crippen LogP contribution in [-0.2, 0) is 9.53 Å². The molecule has 0 spiro atoms. The van der Waals surface area contributed by atoms with Crippen molar-refractivity contribution in [2.45, 2.75) is 38.5 Å². The second kappa shape index (κ2) is 7.60. The van der Waals surface area contributed by atoms with Gasteiger partial charge in [0.15, 0.2) is 5.16 Å². The maximum absolute atomic E-state index is 13.3. The normalized spacial score (nSPS) is 11.9. The predicted molar refractivity (Wildman–Crippen MR) is 117 cm³/mol. The van der Waals surface area contributed by atoms with Crippen molar-refractivity contribution in [1.29, 1.82) is 0 Å². The van der Waals surface area contributed by atoms with Gasteiger partial charge >= 0.3 is 5.97 Å². The summed E-state index contributed by atoms with van der Waals surface area (Å²) >= 11 is 1.23. The monoisotopic (exact) mass is 422 g/mol. The summed E-state index contributed by atoms with van der Waals surface area (Å²) in [6.45, 7) is 7.44. The fourth-order valence-electron chi connectivity index (χ4n) is 3.30. The van der Waals surface area contributed by atoms with Crippen molar-refractivity contribution in [2.24, 2.45) is 0 Å². The number of para-hydroxylation sites is 2. The van der Waals surface area contributed by atoms with E-state index < -0.39 is 5.60 Å². The number of esters is 1. The van der Waals surface area contributed by atoms with Crippen LogP contribution in [0.2, 0.25) is 0 Å². The van der Waals surface area contributed by atoms with Crippen LogP contribution in [0.3, 0.4) is 0 Å². The topological polar surface area (TPSA) is 78.5 Å². The zero-order valence-electron chi connectivity index (χ0n) is 17.2. The Bertz CT molecular complexity index is 1320. The number of hydrogen-bond acceptors (Lipinski definition) is 6. The molecule has 0 aliphatic rings. The first-order chi connectivity index (χ1) is 14.3. The van der Waals surface area contributed by atoms with E-state index in [1.807, 2.05) is 74.6 Å². The number of nitrogens with zero attached hydrogens (tertiary/aromatic N) is 4. The summed E-state index contributed by atoms with van der Waals surface area (Å²) in [4.78, 5) is 25.5. The van der Waals surface area contributed by atoms with Crippen molar-refractivity contribution in [3.63, 3.8) is 0 Å². The maximum atomic E-state index is 13.3. The molecule has 0 amide bonds. The van der Waals surface area contributed by atoms with Crippen molar-refractivity contribution in [1.82, 2.24) is 19.2 Å². The third-order valence-electron chi connectivity index (χ3n) is 4.49. The van der Waals surface area contributed by atoms with E-state index in [4.69, 9.17) is 4.74 Å². The first-order valence-corrected chi connectivity index (χ1v) is 10.5. The Balaban J connectivity index is 1.89. The molecule has 154 valence electrons. The molecule has 2 heterocycles. The van der Waals surface area contributed by atoms with Gasteiger partial charge in [-0.2, -0.15) is 0 Å². The number of aromatic nitrogens is 4. The van der Waals surface area contributed by atoms with Crippen molar-refractivity contribution in [3.05, 3.63) is 64.4 Å². The number of hydrogen-bond donors (Lipinski definition) is 0. The van der Waals surface area contributed by atoms with Gasteiger partial charge in [-0.15, -0.1) is 10.2 Å². The highest BCUT2D eigenvalue weighted by Crippen LogP contribution is 2.24. The van der Waals surface area contributed by atoms with Crippen molar-refractivity contribution in [3.8, 4) is 5.69 Å². The molecule has 0 fully saturated rings. The van der Waals surface area contributed by atoms with E-state index >= 15 is 0 Å². The standard InChI is InChI=1S/C22H22N4O3S/c1-14-9-5-7-11-16(14)25-19(28)15-10-6-8-12-17(15)26-20(25)23-24-21(26)30-13-18(27)29-22(2,3)4/h5-12H,13H2,1-4H3. The molecule has 0 saturated heterocycles. The minimum Gasteiger partial charge on any atom is -0.459 e. The second-order valence-corrected chi connectivity index (χ2v) is 8.88. The number of carbonyl (C=O) groups excluding carboxylic acids is 1. The molecule has 0 aliphatic carbocycles. The molecule has 0 unspecified atom stereocenters. The number of ether oxygens (including phenoxy) is 1. The molecule has 8 heteroatoms. The summed E-state index contributed by atoms with van der Waals surface area (Å²) in [5, 5.41) is 9.65. The van der Waals surface area contributed by atoms with E-state index in [2.05, 4.69) is 10.2 Å². The number of benzene rings is 2. The lowest BCUT2D eigenvalue weighted by Crippen LogP contribution is -2.25. The largest absolute Gasteiger partial charge is 0.459 e. The second-order valence-electron chi connectivity index (χ2n) is 7.94. The van der Waals surface area contributed by atoms with E-state index in [0.29, 0.717) is 21.8 Å². The number of fused-ring (bicyclic) bond motifs is 3. The lowest BCUT2D eigenvalue weighted by Gasteiger charge is -2.19. The van der Waals surface area contributed by atoms with Gasteiger partial charge in [0.25, 0.3) is 5.56 Å². The molecular weight excluding hydrogens is 400 g/mol. The summed E-state index contributed by atoms with van der Waals surface area (Å²) in [6.07, 6.45) is 0. The lowest BCUT2D eigenvalue weighted by atomic mass is 10.2. The number of aryl methyl sites for hydroxylation is 1. The smallest absolute Gasteiger partial charge is 0.316 e. The zero-order chi connectivity index (χ0) is 21.5. The average Bonchev–Trinajstić information content (AvgIpc) is 3.10. The van der Waals surface area contributed by atoms with Gasteiger partial charge in [-0.25, -0.2) is 4.57 Å². The Morgan fingerprint density at radius 2 is 1.77 bits per heavy atom. The number of carbonyl (C=O) groups is 1. The molecule has 2 aromatic heterocycles. The number of rotatable bonds is 4. The quantitative estimate of drug-likeness (QED) is 0.368. The summed E-state index contributed by atoms with van der Waals surface area (Å²) in [7, 11) is 0. The number of thioether (sulfide) groups is 1.